The molecule has 0 heterocycles. The molecule has 0 aromatic rings. The molecule has 0 aliphatic rings. The number of hydrogen-bond acceptors (Lipinski definition) is 3. The fourth-order valence-electron chi connectivity index (χ4n) is 0.561. The Morgan fingerprint density at radius 1 is 1.20 bits per heavy atom. The highest BCUT2D eigenvalue weighted by atomic mass is 16.4. The predicted octanol–water partition coefficient (Wildman–Crippen LogP) is -0.272. The third-order valence-electron chi connectivity index (χ3n) is 1.84. The molecule has 62 valence electrons. The molecule has 0 fully saturated rings. The zero-order chi connectivity index (χ0) is 8.41. The summed E-state index contributed by atoms with van der Waals surface area (Å²) in [6.45, 7) is 5.16. The second-order valence-corrected chi connectivity index (χ2v) is 3.36. The van der Waals surface area contributed by atoms with Crippen molar-refractivity contribution in [2.45, 2.75) is 32.0 Å². The Morgan fingerprint density at radius 2 is 1.60 bits per heavy atom. The van der Waals surface area contributed by atoms with E-state index in [2.05, 4.69) is 5.32 Å². The summed E-state index contributed by atoms with van der Waals surface area (Å²) in [5, 5.41) is 21.7. The summed E-state index contributed by atoms with van der Waals surface area (Å²) < 4.78 is 0. The van der Waals surface area contributed by atoms with E-state index in [4.69, 9.17) is 0 Å². The van der Waals surface area contributed by atoms with Crippen LogP contribution in [-0.4, -0.2) is 35.0 Å². The first-order valence-corrected chi connectivity index (χ1v) is 3.40. The molecule has 1 unspecified atom stereocenters. The highest BCUT2D eigenvalue weighted by Gasteiger charge is 2.36. The fraction of sp³-hybridized carbons (Fsp3) is 1.00. The molecule has 0 aliphatic carbocycles. The number of aliphatic hydroxyl groups is 2. The zero-order valence-electron chi connectivity index (χ0n) is 7.10. The molecule has 0 radical (unpaired) electrons. The molecule has 0 aromatic heterocycles. The van der Waals surface area contributed by atoms with E-state index >= 15 is 0 Å². The van der Waals surface area contributed by atoms with E-state index in [1.54, 1.807) is 27.8 Å². The maximum atomic E-state index is 9.54. The van der Waals surface area contributed by atoms with Crippen LogP contribution < -0.4 is 5.32 Å². The van der Waals surface area contributed by atoms with Gasteiger partial charge in [-0.15, -0.1) is 0 Å². The average Bonchev–Trinajstić information content (AvgIpc) is 1.61. The molecule has 10 heavy (non-hydrogen) atoms. The molecule has 0 saturated carbocycles. The Hall–Kier alpha value is -0.120. The van der Waals surface area contributed by atoms with Crippen molar-refractivity contribution in [2.24, 2.45) is 0 Å². The van der Waals surface area contributed by atoms with Crippen LogP contribution in [0, 0.1) is 0 Å². The van der Waals surface area contributed by atoms with Crippen LogP contribution in [-0.2, 0) is 0 Å². The van der Waals surface area contributed by atoms with E-state index < -0.39 is 11.2 Å². The van der Waals surface area contributed by atoms with E-state index in [9.17, 15) is 10.2 Å². The summed E-state index contributed by atoms with van der Waals surface area (Å²) in [6, 6.07) is 0. The minimum atomic E-state index is -1.07. The summed E-state index contributed by atoms with van der Waals surface area (Å²) in [5.74, 6) is 0. The lowest BCUT2D eigenvalue weighted by Gasteiger charge is -2.35. The number of hydrogen-bond donors (Lipinski definition) is 3. The van der Waals surface area contributed by atoms with Crippen molar-refractivity contribution < 1.29 is 10.2 Å². The Bertz CT molecular complexity index is 105. The highest BCUT2D eigenvalue weighted by Crippen LogP contribution is 2.19. The van der Waals surface area contributed by atoms with Gasteiger partial charge in [0.25, 0.3) is 0 Å². The van der Waals surface area contributed by atoms with Gasteiger partial charge in [-0.3, -0.25) is 0 Å². The summed E-state index contributed by atoms with van der Waals surface area (Å²) in [7, 11) is 1.74. The molecule has 0 saturated heterocycles. The van der Waals surface area contributed by atoms with Gasteiger partial charge in [-0.2, -0.15) is 0 Å². The Morgan fingerprint density at radius 3 is 1.70 bits per heavy atom. The third-order valence-corrected chi connectivity index (χ3v) is 1.84. The van der Waals surface area contributed by atoms with E-state index in [1.165, 1.54) is 0 Å². The van der Waals surface area contributed by atoms with Gasteiger partial charge < -0.3 is 15.5 Å². The van der Waals surface area contributed by atoms with Gasteiger partial charge in [-0.25, -0.2) is 0 Å². The number of rotatable bonds is 3. The van der Waals surface area contributed by atoms with Crippen LogP contribution in [0.2, 0.25) is 0 Å². The molecule has 0 aromatic carbocycles. The smallest absolute Gasteiger partial charge is 0.102 e. The first kappa shape index (κ1) is 9.88. The average molecular weight is 147 g/mol. The Kier molecular flexibility index (Phi) is 2.83. The quantitative estimate of drug-likeness (QED) is 0.515. The molecule has 3 N–H and O–H groups in total. The fourth-order valence-corrected chi connectivity index (χ4v) is 0.561. The van der Waals surface area contributed by atoms with E-state index in [0.717, 1.165) is 0 Å². The van der Waals surface area contributed by atoms with E-state index in [-0.39, 0.29) is 0 Å². The van der Waals surface area contributed by atoms with Crippen molar-refractivity contribution in [3.63, 3.8) is 0 Å². The monoisotopic (exact) mass is 147 g/mol. The second-order valence-electron chi connectivity index (χ2n) is 3.36. The SMILES string of the molecule is CNCC(C)(O)C(C)(C)O. The van der Waals surface area contributed by atoms with E-state index in [0.29, 0.717) is 6.54 Å². The van der Waals surface area contributed by atoms with Crippen molar-refractivity contribution in [1.82, 2.24) is 5.32 Å². The van der Waals surface area contributed by atoms with Crippen LogP contribution in [0.4, 0.5) is 0 Å². The van der Waals surface area contributed by atoms with Crippen molar-refractivity contribution in [3.05, 3.63) is 0 Å². The number of likely N-dealkylation sites (N-methyl/N-ethyl adjacent to an activating group) is 1. The third kappa shape index (κ3) is 2.25. The molecule has 1 atom stereocenters. The first-order valence-electron chi connectivity index (χ1n) is 3.40. The van der Waals surface area contributed by atoms with Gasteiger partial charge >= 0.3 is 0 Å². The van der Waals surface area contributed by atoms with Gasteiger partial charge in [0.2, 0.25) is 0 Å². The second kappa shape index (κ2) is 2.86. The summed E-state index contributed by atoms with van der Waals surface area (Å²) >= 11 is 0. The maximum absolute atomic E-state index is 9.54. The molecular formula is C7H17NO2. The minimum Gasteiger partial charge on any atom is -0.387 e. The van der Waals surface area contributed by atoms with Gasteiger partial charge in [0.15, 0.2) is 0 Å². The lowest BCUT2D eigenvalue weighted by Crippen LogP contribution is -2.53. The summed E-state index contributed by atoms with van der Waals surface area (Å²) in [4.78, 5) is 0. The lowest BCUT2D eigenvalue weighted by atomic mass is 9.88. The molecule has 0 rings (SSSR count). The molecular weight excluding hydrogens is 130 g/mol. The molecule has 3 heteroatoms. The largest absolute Gasteiger partial charge is 0.387 e. The maximum Gasteiger partial charge on any atom is 0.102 e. The molecule has 0 bridgehead atoms. The van der Waals surface area contributed by atoms with Crippen LogP contribution in [0.3, 0.4) is 0 Å². The van der Waals surface area contributed by atoms with Gasteiger partial charge in [0, 0.05) is 6.54 Å². The van der Waals surface area contributed by atoms with Crippen molar-refractivity contribution in [2.75, 3.05) is 13.6 Å². The Balaban J connectivity index is 4.10. The summed E-state index contributed by atoms with van der Waals surface area (Å²) in [5.41, 5.74) is -2.13. The van der Waals surface area contributed by atoms with Crippen molar-refractivity contribution >= 4 is 0 Å². The van der Waals surface area contributed by atoms with Gasteiger partial charge in [-0.05, 0) is 27.8 Å². The van der Waals surface area contributed by atoms with Gasteiger partial charge in [0.1, 0.15) is 5.60 Å². The zero-order valence-corrected chi connectivity index (χ0v) is 7.10. The molecule has 0 spiro atoms. The van der Waals surface area contributed by atoms with Crippen LogP contribution >= 0.6 is 0 Å². The van der Waals surface area contributed by atoms with Crippen LogP contribution in [0.1, 0.15) is 20.8 Å². The van der Waals surface area contributed by atoms with Crippen LogP contribution in [0.25, 0.3) is 0 Å². The molecule has 0 aliphatic heterocycles. The Labute approximate surface area is 62.1 Å². The topological polar surface area (TPSA) is 52.5 Å². The molecule has 0 amide bonds. The predicted molar refractivity (Wildman–Crippen MR) is 40.8 cm³/mol. The number of nitrogens with one attached hydrogen (secondary N) is 1. The first-order chi connectivity index (χ1) is 4.31. The van der Waals surface area contributed by atoms with Crippen molar-refractivity contribution in [3.8, 4) is 0 Å². The standard InChI is InChI=1S/C7H17NO2/c1-6(2,9)7(3,10)5-8-4/h8-10H,5H2,1-4H3. The van der Waals surface area contributed by atoms with Crippen molar-refractivity contribution in [1.29, 1.82) is 0 Å². The minimum absolute atomic E-state index is 0.385. The van der Waals surface area contributed by atoms with Gasteiger partial charge in [0.05, 0.1) is 5.60 Å². The normalized spacial score (nSPS) is 18.6. The summed E-state index contributed by atoms with van der Waals surface area (Å²) in [6.07, 6.45) is 0. The van der Waals surface area contributed by atoms with E-state index in [1.807, 2.05) is 0 Å². The lowest BCUT2D eigenvalue weighted by molar-refractivity contribution is -0.116. The molecule has 3 nitrogen and oxygen atoms in total. The highest BCUT2D eigenvalue weighted by molar-refractivity contribution is 4.90. The van der Waals surface area contributed by atoms with Crippen LogP contribution in [0.15, 0.2) is 0 Å². The van der Waals surface area contributed by atoms with Gasteiger partial charge in [-0.1, -0.05) is 0 Å². The van der Waals surface area contributed by atoms with Crippen LogP contribution in [0.5, 0.6) is 0 Å².